The zero-order valence-corrected chi connectivity index (χ0v) is 12.7. The SMILES string of the molecule is CC1OCCC1CNCc1cc(-c2cccs2)cs1. The van der Waals surface area contributed by atoms with Crippen LogP contribution in [0.3, 0.4) is 0 Å². The molecule has 4 heteroatoms. The highest BCUT2D eigenvalue weighted by atomic mass is 32.1. The molecule has 2 aromatic heterocycles. The van der Waals surface area contributed by atoms with Crippen LogP contribution in [0.1, 0.15) is 18.2 Å². The Bertz CT molecular complexity index is 506. The van der Waals surface area contributed by atoms with E-state index in [1.807, 2.05) is 11.3 Å². The summed E-state index contributed by atoms with van der Waals surface area (Å²) in [6.45, 7) is 5.14. The van der Waals surface area contributed by atoms with Gasteiger partial charge >= 0.3 is 0 Å². The molecule has 3 heterocycles. The van der Waals surface area contributed by atoms with E-state index < -0.39 is 0 Å². The first-order valence-corrected chi connectivity index (χ1v) is 8.52. The molecule has 0 spiro atoms. The first-order valence-electron chi connectivity index (χ1n) is 6.76. The molecule has 19 heavy (non-hydrogen) atoms. The van der Waals surface area contributed by atoms with E-state index in [9.17, 15) is 0 Å². The second-order valence-electron chi connectivity index (χ2n) is 5.03. The van der Waals surface area contributed by atoms with Crippen LogP contribution < -0.4 is 5.32 Å². The van der Waals surface area contributed by atoms with Crippen LogP contribution in [0.4, 0.5) is 0 Å². The summed E-state index contributed by atoms with van der Waals surface area (Å²) in [6, 6.07) is 6.59. The van der Waals surface area contributed by atoms with E-state index in [0.29, 0.717) is 12.0 Å². The highest BCUT2D eigenvalue weighted by Gasteiger charge is 2.23. The number of hydrogen-bond donors (Lipinski definition) is 1. The first kappa shape index (κ1) is 13.3. The largest absolute Gasteiger partial charge is 0.378 e. The maximum absolute atomic E-state index is 5.59. The lowest BCUT2D eigenvalue weighted by atomic mass is 10.0. The molecule has 0 aromatic carbocycles. The molecule has 0 aliphatic carbocycles. The maximum atomic E-state index is 5.59. The Kier molecular flexibility index (Phi) is 4.33. The quantitative estimate of drug-likeness (QED) is 0.900. The lowest BCUT2D eigenvalue weighted by Gasteiger charge is -2.14. The fourth-order valence-corrected chi connectivity index (χ4v) is 4.11. The van der Waals surface area contributed by atoms with Crippen LogP contribution in [0.5, 0.6) is 0 Å². The van der Waals surface area contributed by atoms with Gasteiger partial charge in [-0.25, -0.2) is 0 Å². The Morgan fingerprint density at radius 3 is 3.11 bits per heavy atom. The molecule has 2 nitrogen and oxygen atoms in total. The van der Waals surface area contributed by atoms with Gasteiger partial charge in [0, 0.05) is 35.0 Å². The maximum Gasteiger partial charge on any atom is 0.0588 e. The molecule has 2 unspecified atom stereocenters. The van der Waals surface area contributed by atoms with Crippen LogP contribution >= 0.6 is 22.7 Å². The molecular weight excluding hydrogens is 274 g/mol. The van der Waals surface area contributed by atoms with Gasteiger partial charge in [-0.15, -0.1) is 22.7 Å². The van der Waals surface area contributed by atoms with Crippen molar-refractivity contribution >= 4 is 22.7 Å². The molecule has 0 radical (unpaired) electrons. The van der Waals surface area contributed by atoms with Crippen LogP contribution in [0.15, 0.2) is 29.0 Å². The average Bonchev–Trinajstić information content (AvgIpc) is 3.11. The first-order chi connectivity index (χ1) is 9.33. The summed E-state index contributed by atoms with van der Waals surface area (Å²) in [4.78, 5) is 2.77. The second-order valence-corrected chi connectivity index (χ2v) is 6.98. The fourth-order valence-electron chi connectivity index (χ4n) is 2.47. The summed E-state index contributed by atoms with van der Waals surface area (Å²) in [6.07, 6.45) is 1.61. The van der Waals surface area contributed by atoms with Crippen LogP contribution in [-0.4, -0.2) is 19.3 Å². The molecule has 0 saturated carbocycles. The minimum atomic E-state index is 0.414. The summed E-state index contributed by atoms with van der Waals surface area (Å²) in [7, 11) is 0. The summed E-state index contributed by atoms with van der Waals surface area (Å²) >= 11 is 3.65. The molecule has 3 rings (SSSR count). The molecule has 1 saturated heterocycles. The van der Waals surface area contributed by atoms with Gasteiger partial charge in [0.2, 0.25) is 0 Å². The summed E-state index contributed by atoms with van der Waals surface area (Å²) < 4.78 is 5.59. The van der Waals surface area contributed by atoms with Gasteiger partial charge in [0.25, 0.3) is 0 Å². The highest BCUT2D eigenvalue weighted by molar-refractivity contribution is 7.14. The van der Waals surface area contributed by atoms with Gasteiger partial charge in [-0.05, 0) is 42.2 Å². The second kappa shape index (κ2) is 6.18. The Labute approximate surface area is 122 Å². The zero-order chi connectivity index (χ0) is 13.1. The third-order valence-corrected chi connectivity index (χ3v) is 5.55. The highest BCUT2D eigenvalue weighted by Crippen LogP contribution is 2.29. The van der Waals surface area contributed by atoms with E-state index in [-0.39, 0.29) is 0 Å². The monoisotopic (exact) mass is 293 g/mol. The van der Waals surface area contributed by atoms with Crippen LogP contribution in [0.25, 0.3) is 10.4 Å². The van der Waals surface area contributed by atoms with Gasteiger partial charge in [-0.3, -0.25) is 0 Å². The molecule has 1 fully saturated rings. The van der Waals surface area contributed by atoms with Crippen LogP contribution in [-0.2, 0) is 11.3 Å². The molecule has 2 atom stereocenters. The molecule has 102 valence electrons. The van der Waals surface area contributed by atoms with Crippen molar-refractivity contribution in [3.8, 4) is 10.4 Å². The minimum Gasteiger partial charge on any atom is -0.378 e. The molecular formula is C15H19NOS2. The van der Waals surface area contributed by atoms with E-state index in [0.717, 1.165) is 19.7 Å². The average molecular weight is 293 g/mol. The third kappa shape index (κ3) is 3.26. The molecule has 0 amide bonds. The summed E-state index contributed by atoms with van der Waals surface area (Å²) in [5.74, 6) is 0.678. The van der Waals surface area contributed by atoms with Crippen molar-refractivity contribution in [2.75, 3.05) is 13.2 Å². The van der Waals surface area contributed by atoms with Gasteiger partial charge in [0.05, 0.1) is 6.10 Å². The minimum absolute atomic E-state index is 0.414. The van der Waals surface area contributed by atoms with E-state index in [4.69, 9.17) is 4.74 Å². The van der Waals surface area contributed by atoms with Crippen molar-refractivity contribution in [3.63, 3.8) is 0 Å². The zero-order valence-electron chi connectivity index (χ0n) is 11.1. The number of hydrogen-bond acceptors (Lipinski definition) is 4. The number of rotatable bonds is 5. The van der Waals surface area contributed by atoms with Gasteiger partial charge in [0.15, 0.2) is 0 Å². The predicted molar refractivity (Wildman–Crippen MR) is 82.9 cm³/mol. The van der Waals surface area contributed by atoms with Crippen molar-refractivity contribution in [2.24, 2.45) is 5.92 Å². The smallest absolute Gasteiger partial charge is 0.0588 e. The summed E-state index contributed by atoms with van der Waals surface area (Å²) in [5.41, 5.74) is 1.36. The van der Waals surface area contributed by atoms with E-state index in [1.165, 1.54) is 21.7 Å². The lowest BCUT2D eigenvalue weighted by Crippen LogP contribution is -2.26. The van der Waals surface area contributed by atoms with Crippen LogP contribution in [0, 0.1) is 5.92 Å². The van der Waals surface area contributed by atoms with E-state index in [2.05, 4.69) is 41.2 Å². The van der Waals surface area contributed by atoms with E-state index in [1.54, 1.807) is 11.3 Å². The fraction of sp³-hybridized carbons (Fsp3) is 0.467. The summed E-state index contributed by atoms with van der Waals surface area (Å²) in [5, 5.41) is 7.95. The van der Waals surface area contributed by atoms with Crippen molar-refractivity contribution < 1.29 is 4.74 Å². The van der Waals surface area contributed by atoms with Crippen molar-refractivity contribution in [1.29, 1.82) is 0 Å². The molecule has 1 aliphatic rings. The van der Waals surface area contributed by atoms with Gasteiger partial charge in [-0.2, -0.15) is 0 Å². The van der Waals surface area contributed by atoms with E-state index >= 15 is 0 Å². The lowest BCUT2D eigenvalue weighted by molar-refractivity contribution is 0.105. The Hall–Kier alpha value is -0.680. The molecule has 0 bridgehead atoms. The Balaban J connectivity index is 1.50. The molecule has 2 aromatic rings. The Morgan fingerprint density at radius 1 is 1.42 bits per heavy atom. The van der Waals surface area contributed by atoms with Gasteiger partial charge in [-0.1, -0.05) is 6.07 Å². The van der Waals surface area contributed by atoms with Crippen molar-refractivity contribution in [1.82, 2.24) is 5.32 Å². The molecule has 1 aliphatic heterocycles. The number of thiophene rings is 2. The van der Waals surface area contributed by atoms with Gasteiger partial charge < -0.3 is 10.1 Å². The number of nitrogens with one attached hydrogen (secondary N) is 1. The predicted octanol–water partition coefficient (Wildman–Crippen LogP) is 3.99. The standard InChI is InChI=1S/C15H19NOS2/c1-11-12(4-5-17-11)8-16-9-14-7-13(10-19-14)15-3-2-6-18-15/h2-3,6-7,10-12,16H,4-5,8-9H2,1H3. The number of ether oxygens (including phenoxy) is 1. The third-order valence-electron chi connectivity index (χ3n) is 3.70. The molecule has 1 N–H and O–H groups in total. The normalized spacial score (nSPS) is 23.0. The topological polar surface area (TPSA) is 21.3 Å². The van der Waals surface area contributed by atoms with Gasteiger partial charge in [0.1, 0.15) is 0 Å². The van der Waals surface area contributed by atoms with Crippen molar-refractivity contribution in [3.05, 3.63) is 33.8 Å². The Morgan fingerprint density at radius 2 is 2.37 bits per heavy atom. The van der Waals surface area contributed by atoms with Crippen LogP contribution in [0.2, 0.25) is 0 Å². The van der Waals surface area contributed by atoms with Crippen molar-refractivity contribution in [2.45, 2.75) is 26.0 Å².